The summed E-state index contributed by atoms with van der Waals surface area (Å²) >= 11 is 5.68. The summed E-state index contributed by atoms with van der Waals surface area (Å²) in [5.74, 6) is 2.31. The molecule has 4 unspecified atom stereocenters. The van der Waals surface area contributed by atoms with Crippen molar-refractivity contribution >= 4 is 22.8 Å². The molecule has 1 aliphatic heterocycles. The van der Waals surface area contributed by atoms with Crippen molar-refractivity contribution < 1.29 is 19.4 Å². The highest BCUT2D eigenvalue weighted by molar-refractivity contribution is 6.63. The predicted molar refractivity (Wildman–Crippen MR) is 159 cm³/mol. The molecule has 1 aromatic rings. The van der Waals surface area contributed by atoms with Crippen LogP contribution in [0.15, 0.2) is 0 Å². The van der Waals surface area contributed by atoms with Crippen molar-refractivity contribution in [2.24, 2.45) is 17.8 Å². The molecule has 0 saturated heterocycles. The summed E-state index contributed by atoms with van der Waals surface area (Å²) in [6, 6.07) is 0. The van der Waals surface area contributed by atoms with Gasteiger partial charge in [-0.2, -0.15) is 0 Å². The highest BCUT2D eigenvalue weighted by Crippen LogP contribution is 2.44. The number of carbonyl (C=O) groups excluding carboxylic acids is 1. The number of carboxylic acid groups (broad SMARTS) is 1. The second-order valence-electron chi connectivity index (χ2n) is 12.9. The Morgan fingerprint density at radius 3 is 2.00 bits per heavy atom. The third-order valence-electron chi connectivity index (χ3n) is 8.99. The fourth-order valence-corrected chi connectivity index (χ4v) is 6.70. The van der Waals surface area contributed by atoms with Gasteiger partial charge in [-0.15, -0.1) is 0 Å². The van der Waals surface area contributed by atoms with Gasteiger partial charge in [-0.05, 0) is 111 Å². The molecule has 0 bridgehead atoms. The van der Waals surface area contributed by atoms with E-state index in [1.165, 1.54) is 51.4 Å². The number of hydrogen-bond donors (Lipinski definition) is 1. The Balaban J connectivity index is 1.93. The molecule has 0 fully saturated rings. The molecule has 2 rings (SSSR count). The Morgan fingerprint density at radius 1 is 0.921 bits per heavy atom. The topological polar surface area (TPSA) is 63.6 Å². The van der Waals surface area contributed by atoms with Gasteiger partial charge in [0.05, 0.1) is 11.5 Å². The van der Waals surface area contributed by atoms with Crippen LogP contribution in [0.4, 0.5) is 0 Å². The van der Waals surface area contributed by atoms with Crippen LogP contribution in [-0.4, -0.2) is 22.4 Å². The number of aliphatic carboxylic acids is 1. The minimum atomic E-state index is -1.36. The Kier molecular flexibility index (Phi) is 12.7. The standard InChI is InChI=1S/C33H53ClO4/c1-21(2)12-9-13-22(3)14-10-15-23(4)16-11-17-27-18-19-28-26(7)30(24(5)25(6)31(28)38-27)33(8,32(36)37)20-29(34)35/h21-23,27H,9-20H2,1-8H3,(H,36,37). The van der Waals surface area contributed by atoms with Crippen LogP contribution in [0.25, 0.3) is 0 Å². The van der Waals surface area contributed by atoms with Gasteiger partial charge in [0.2, 0.25) is 5.24 Å². The lowest BCUT2D eigenvalue weighted by molar-refractivity contribution is -0.144. The zero-order valence-electron chi connectivity index (χ0n) is 25.3. The Bertz CT molecular complexity index is 953. The quantitative estimate of drug-likeness (QED) is 0.209. The van der Waals surface area contributed by atoms with Crippen molar-refractivity contribution in [2.45, 2.75) is 144 Å². The molecule has 0 saturated carbocycles. The monoisotopic (exact) mass is 548 g/mol. The Morgan fingerprint density at radius 2 is 1.47 bits per heavy atom. The lowest BCUT2D eigenvalue weighted by atomic mass is 9.72. The molecule has 4 nitrogen and oxygen atoms in total. The van der Waals surface area contributed by atoms with Gasteiger partial charge in [0.25, 0.3) is 0 Å². The third kappa shape index (κ3) is 8.73. The summed E-state index contributed by atoms with van der Waals surface area (Å²) < 4.78 is 6.54. The summed E-state index contributed by atoms with van der Waals surface area (Å²) in [5, 5.41) is 9.42. The van der Waals surface area contributed by atoms with E-state index in [1.807, 2.05) is 20.8 Å². The summed E-state index contributed by atoms with van der Waals surface area (Å²) in [6.45, 7) is 17.0. The van der Waals surface area contributed by atoms with E-state index >= 15 is 0 Å². The molecule has 0 spiro atoms. The highest BCUT2D eigenvalue weighted by Gasteiger charge is 2.41. The van der Waals surface area contributed by atoms with E-state index in [1.54, 1.807) is 6.92 Å². The lowest BCUT2D eigenvalue weighted by Gasteiger charge is -2.35. The van der Waals surface area contributed by atoms with E-state index < -0.39 is 16.6 Å². The molecular formula is C33H53ClO4. The first-order valence-electron chi connectivity index (χ1n) is 15.0. The van der Waals surface area contributed by atoms with E-state index in [9.17, 15) is 14.7 Å². The fraction of sp³-hybridized carbons (Fsp3) is 0.758. The van der Waals surface area contributed by atoms with Crippen LogP contribution < -0.4 is 4.74 Å². The van der Waals surface area contributed by atoms with Crippen LogP contribution in [0, 0.1) is 38.5 Å². The van der Waals surface area contributed by atoms with Gasteiger partial charge < -0.3 is 9.84 Å². The van der Waals surface area contributed by atoms with Gasteiger partial charge >= 0.3 is 5.97 Å². The lowest BCUT2D eigenvalue weighted by Crippen LogP contribution is -2.37. The highest BCUT2D eigenvalue weighted by atomic mass is 35.5. The second kappa shape index (κ2) is 14.7. The number of carboxylic acids is 1. The van der Waals surface area contributed by atoms with Crippen molar-refractivity contribution in [3.8, 4) is 5.75 Å². The van der Waals surface area contributed by atoms with Crippen LogP contribution >= 0.6 is 11.6 Å². The largest absolute Gasteiger partial charge is 0.490 e. The summed E-state index contributed by atoms with van der Waals surface area (Å²) in [7, 11) is 0. The van der Waals surface area contributed by atoms with Crippen molar-refractivity contribution in [3.63, 3.8) is 0 Å². The predicted octanol–water partition coefficient (Wildman–Crippen LogP) is 9.24. The van der Waals surface area contributed by atoms with Gasteiger partial charge in [0, 0.05) is 6.42 Å². The molecule has 0 amide bonds. The maximum absolute atomic E-state index is 12.3. The first-order chi connectivity index (χ1) is 17.8. The number of ether oxygens (including phenoxy) is 1. The summed E-state index contributed by atoms with van der Waals surface area (Å²) in [5.41, 5.74) is 3.24. The van der Waals surface area contributed by atoms with Crippen LogP contribution in [0.3, 0.4) is 0 Å². The number of hydrogen-bond acceptors (Lipinski definition) is 3. The molecule has 1 aromatic carbocycles. The van der Waals surface area contributed by atoms with E-state index in [0.29, 0.717) is 5.56 Å². The number of rotatable bonds is 16. The molecule has 5 heteroatoms. The molecule has 1 N–H and O–H groups in total. The minimum Gasteiger partial charge on any atom is -0.490 e. The maximum atomic E-state index is 12.3. The number of fused-ring (bicyclic) bond motifs is 1. The van der Waals surface area contributed by atoms with Crippen molar-refractivity contribution in [3.05, 3.63) is 27.8 Å². The van der Waals surface area contributed by atoms with Gasteiger partial charge in [0.15, 0.2) is 0 Å². The molecule has 1 aliphatic rings. The van der Waals surface area contributed by atoms with Crippen LogP contribution in [0.5, 0.6) is 5.75 Å². The van der Waals surface area contributed by atoms with Crippen LogP contribution in [0.1, 0.15) is 133 Å². The molecule has 0 radical (unpaired) electrons. The van der Waals surface area contributed by atoms with Gasteiger partial charge in [-0.3, -0.25) is 9.59 Å². The van der Waals surface area contributed by atoms with E-state index in [0.717, 1.165) is 65.0 Å². The fourth-order valence-electron chi connectivity index (χ4n) is 6.43. The summed E-state index contributed by atoms with van der Waals surface area (Å²) in [4.78, 5) is 24.0. The van der Waals surface area contributed by atoms with E-state index in [2.05, 4.69) is 27.7 Å². The van der Waals surface area contributed by atoms with Gasteiger partial charge in [-0.1, -0.05) is 72.6 Å². The minimum absolute atomic E-state index is 0.203. The number of halogens is 1. The zero-order chi connectivity index (χ0) is 28.6. The maximum Gasteiger partial charge on any atom is 0.314 e. The average molecular weight is 549 g/mol. The van der Waals surface area contributed by atoms with Crippen LogP contribution in [0.2, 0.25) is 0 Å². The van der Waals surface area contributed by atoms with Crippen molar-refractivity contribution in [1.82, 2.24) is 0 Å². The van der Waals surface area contributed by atoms with E-state index in [4.69, 9.17) is 16.3 Å². The van der Waals surface area contributed by atoms with E-state index in [-0.39, 0.29) is 12.5 Å². The molecule has 38 heavy (non-hydrogen) atoms. The molecule has 4 atom stereocenters. The summed E-state index contributed by atoms with van der Waals surface area (Å²) in [6.07, 6.45) is 13.3. The molecular weight excluding hydrogens is 496 g/mol. The normalized spacial score (nSPS) is 18.4. The molecule has 1 heterocycles. The van der Waals surface area contributed by atoms with Gasteiger partial charge in [-0.25, -0.2) is 0 Å². The second-order valence-corrected chi connectivity index (χ2v) is 13.3. The number of carbonyl (C=O) groups is 2. The molecule has 0 aliphatic carbocycles. The van der Waals surface area contributed by atoms with Gasteiger partial charge in [0.1, 0.15) is 5.75 Å². The van der Waals surface area contributed by atoms with Crippen molar-refractivity contribution in [2.75, 3.05) is 0 Å². The third-order valence-corrected chi connectivity index (χ3v) is 9.13. The Hall–Kier alpha value is -1.55. The zero-order valence-corrected chi connectivity index (χ0v) is 26.1. The van der Waals surface area contributed by atoms with Crippen LogP contribution in [-0.2, 0) is 21.4 Å². The smallest absolute Gasteiger partial charge is 0.314 e. The number of benzene rings is 1. The first kappa shape index (κ1) is 32.7. The SMILES string of the molecule is Cc1c(C)c(C(C)(CC(=O)Cl)C(=O)O)c(C)c2c1OC(CCCC(C)CCCC(C)CCCC(C)C)CC2. The molecule has 0 aromatic heterocycles. The van der Waals surface area contributed by atoms with Crippen molar-refractivity contribution in [1.29, 1.82) is 0 Å². The average Bonchev–Trinajstić information content (AvgIpc) is 2.82. The molecule has 216 valence electrons. The Labute approximate surface area is 237 Å². The first-order valence-corrected chi connectivity index (χ1v) is 15.4.